The minimum Gasteiger partial charge on any atom is -0.351 e. The van der Waals surface area contributed by atoms with Crippen molar-refractivity contribution in [3.8, 4) is 11.4 Å². The quantitative estimate of drug-likeness (QED) is 0.520. The fraction of sp³-hybridized carbons (Fsp3) is 0.150. The predicted molar refractivity (Wildman–Crippen MR) is 107 cm³/mol. The maximum absolute atomic E-state index is 12.5. The van der Waals surface area contributed by atoms with Crippen molar-refractivity contribution in [1.82, 2.24) is 15.5 Å². The summed E-state index contributed by atoms with van der Waals surface area (Å²) in [6.07, 6.45) is 0.452. The SMILES string of the molecule is Cc1ccc2c(Cl)c(C(=O)NCCc3nc(-c4ccccc4)no3)sc2c1. The lowest BCUT2D eigenvalue weighted by Crippen LogP contribution is -2.25. The third kappa shape index (κ3) is 3.72. The maximum atomic E-state index is 12.5. The summed E-state index contributed by atoms with van der Waals surface area (Å²) in [4.78, 5) is 17.4. The molecule has 0 saturated carbocycles. The fourth-order valence-corrected chi connectivity index (χ4v) is 4.27. The average molecular weight is 398 g/mol. The van der Waals surface area contributed by atoms with Crippen LogP contribution in [0.5, 0.6) is 0 Å². The number of amides is 1. The molecule has 27 heavy (non-hydrogen) atoms. The van der Waals surface area contributed by atoms with Gasteiger partial charge in [-0.3, -0.25) is 4.79 Å². The first-order valence-corrected chi connectivity index (χ1v) is 9.66. The first-order valence-electron chi connectivity index (χ1n) is 8.46. The van der Waals surface area contributed by atoms with Crippen LogP contribution in [-0.2, 0) is 6.42 Å². The van der Waals surface area contributed by atoms with Crippen LogP contribution in [0.25, 0.3) is 21.5 Å². The van der Waals surface area contributed by atoms with Gasteiger partial charge in [-0.25, -0.2) is 0 Å². The molecule has 1 N–H and O–H groups in total. The van der Waals surface area contributed by atoms with Crippen LogP contribution in [-0.4, -0.2) is 22.6 Å². The summed E-state index contributed by atoms with van der Waals surface area (Å²) in [5, 5.41) is 8.25. The van der Waals surface area contributed by atoms with Crippen molar-refractivity contribution in [3.63, 3.8) is 0 Å². The number of halogens is 1. The van der Waals surface area contributed by atoms with Gasteiger partial charge in [-0.1, -0.05) is 59.2 Å². The molecule has 7 heteroatoms. The number of fused-ring (bicyclic) bond motifs is 1. The molecule has 1 amide bonds. The van der Waals surface area contributed by atoms with E-state index in [1.807, 2.05) is 55.5 Å². The second kappa shape index (κ2) is 7.50. The van der Waals surface area contributed by atoms with E-state index in [2.05, 4.69) is 15.5 Å². The van der Waals surface area contributed by atoms with Gasteiger partial charge in [0.05, 0.1) is 5.02 Å². The molecule has 0 spiro atoms. The summed E-state index contributed by atoms with van der Waals surface area (Å²) in [5.41, 5.74) is 2.03. The van der Waals surface area contributed by atoms with Crippen molar-refractivity contribution < 1.29 is 9.32 Å². The van der Waals surface area contributed by atoms with E-state index in [1.165, 1.54) is 11.3 Å². The molecule has 0 aliphatic carbocycles. The number of aryl methyl sites for hydroxylation is 1. The molecule has 0 unspecified atom stereocenters. The number of nitrogens with zero attached hydrogens (tertiary/aromatic N) is 2. The van der Waals surface area contributed by atoms with Crippen molar-refractivity contribution in [2.45, 2.75) is 13.3 Å². The van der Waals surface area contributed by atoms with E-state index in [-0.39, 0.29) is 5.91 Å². The van der Waals surface area contributed by atoms with E-state index in [0.717, 1.165) is 21.2 Å². The van der Waals surface area contributed by atoms with Gasteiger partial charge < -0.3 is 9.84 Å². The van der Waals surface area contributed by atoms with Crippen LogP contribution >= 0.6 is 22.9 Å². The van der Waals surface area contributed by atoms with Crippen LogP contribution in [0.3, 0.4) is 0 Å². The Hall–Kier alpha value is -2.70. The van der Waals surface area contributed by atoms with E-state index in [4.69, 9.17) is 16.1 Å². The summed E-state index contributed by atoms with van der Waals surface area (Å²) in [6, 6.07) is 15.6. The minimum absolute atomic E-state index is 0.193. The van der Waals surface area contributed by atoms with Gasteiger partial charge in [0.15, 0.2) is 0 Å². The molecule has 4 aromatic rings. The minimum atomic E-state index is -0.193. The Kier molecular flexibility index (Phi) is 4.92. The van der Waals surface area contributed by atoms with Gasteiger partial charge in [-0.15, -0.1) is 11.3 Å². The Morgan fingerprint density at radius 1 is 1.22 bits per heavy atom. The number of benzene rings is 2. The molecule has 0 bridgehead atoms. The number of hydrogen-bond acceptors (Lipinski definition) is 5. The normalized spacial score (nSPS) is 11.0. The van der Waals surface area contributed by atoms with Crippen molar-refractivity contribution >= 4 is 38.9 Å². The van der Waals surface area contributed by atoms with Crippen LogP contribution in [0, 0.1) is 6.92 Å². The average Bonchev–Trinajstić information content (AvgIpc) is 3.27. The first-order chi connectivity index (χ1) is 13.1. The van der Waals surface area contributed by atoms with E-state index < -0.39 is 0 Å². The van der Waals surface area contributed by atoms with E-state index in [1.54, 1.807) is 0 Å². The molecule has 0 atom stereocenters. The highest BCUT2D eigenvalue weighted by Gasteiger charge is 2.17. The third-order valence-electron chi connectivity index (χ3n) is 4.12. The van der Waals surface area contributed by atoms with Crippen LogP contribution < -0.4 is 5.32 Å². The van der Waals surface area contributed by atoms with Gasteiger partial charge >= 0.3 is 0 Å². The van der Waals surface area contributed by atoms with Crippen LogP contribution in [0.15, 0.2) is 53.1 Å². The number of carbonyl (C=O) groups excluding carboxylic acids is 1. The van der Waals surface area contributed by atoms with Gasteiger partial charge in [-0.2, -0.15) is 4.98 Å². The summed E-state index contributed by atoms with van der Waals surface area (Å²) >= 11 is 7.78. The summed E-state index contributed by atoms with van der Waals surface area (Å²) in [5.74, 6) is 0.828. The van der Waals surface area contributed by atoms with Crippen LogP contribution in [0.4, 0.5) is 0 Å². The standard InChI is InChI=1S/C20H16ClN3O2S/c1-12-7-8-14-15(11-12)27-18(17(14)21)20(25)22-10-9-16-23-19(24-26-16)13-5-3-2-4-6-13/h2-8,11H,9-10H2,1H3,(H,22,25). The molecular weight excluding hydrogens is 382 g/mol. The van der Waals surface area contributed by atoms with Crippen molar-refractivity contribution in [2.24, 2.45) is 0 Å². The second-order valence-electron chi connectivity index (χ2n) is 6.13. The highest BCUT2D eigenvalue weighted by Crippen LogP contribution is 2.35. The monoisotopic (exact) mass is 397 g/mol. The van der Waals surface area contributed by atoms with Crippen molar-refractivity contribution in [3.05, 3.63) is 69.9 Å². The third-order valence-corrected chi connectivity index (χ3v) is 5.77. The number of aromatic nitrogens is 2. The predicted octanol–water partition coefficient (Wildman–Crippen LogP) is 4.89. The smallest absolute Gasteiger partial charge is 0.262 e. The summed E-state index contributed by atoms with van der Waals surface area (Å²) in [6.45, 7) is 2.40. The van der Waals surface area contributed by atoms with Crippen molar-refractivity contribution in [2.75, 3.05) is 6.54 Å². The molecule has 0 aliphatic rings. The lowest BCUT2D eigenvalue weighted by Gasteiger charge is -2.01. The number of thiophene rings is 1. The molecule has 4 rings (SSSR count). The molecule has 0 aliphatic heterocycles. The molecular formula is C20H16ClN3O2S. The highest BCUT2D eigenvalue weighted by molar-refractivity contribution is 7.21. The molecule has 136 valence electrons. The van der Waals surface area contributed by atoms with E-state index in [0.29, 0.717) is 34.6 Å². The number of nitrogens with one attached hydrogen (secondary N) is 1. The summed E-state index contributed by atoms with van der Waals surface area (Å²) in [7, 11) is 0. The molecule has 5 nitrogen and oxygen atoms in total. The Labute approximate surface area is 165 Å². The largest absolute Gasteiger partial charge is 0.351 e. The zero-order valence-corrected chi connectivity index (χ0v) is 16.1. The summed E-state index contributed by atoms with van der Waals surface area (Å²) < 4.78 is 6.26. The van der Waals surface area contributed by atoms with Gasteiger partial charge in [0.1, 0.15) is 4.88 Å². The first kappa shape index (κ1) is 17.7. The fourth-order valence-electron chi connectivity index (χ4n) is 2.74. The molecule has 2 heterocycles. The van der Waals surface area contributed by atoms with Crippen molar-refractivity contribution in [1.29, 1.82) is 0 Å². The maximum Gasteiger partial charge on any atom is 0.262 e. The number of carbonyl (C=O) groups is 1. The Balaban J connectivity index is 1.40. The molecule has 0 fully saturated rings. The lowest BCUT2D eigenvalue weighted by molar-refractivity contribution is 0.0957. The number of hydrogen-bond donors (Lipinski definition) is 1. The van der Waals surface area contributed by atoms with Crippen LogP contribution in [0.1, 0.15) is 21.1 Å². The molecule has 0 radical (unpaired) electrons. The Morgan fingerprint density at radius 3 is 2.85 bits per heavy atom. The van der Waals surface area contributed by atoms with Crippen LogP contribution in [0.2, 0.25) is 5.02 Å². The van der Waals surface area contributed by atoms with E-state index in [9.17, 15) is 4.79 Å². The second-order valence-corrected chi connectivity index (χ2v) is 7.56. The molecule has 0 saturated heterocycles. The van der Waals surface area contributed by atoms with Gasteiger partial charge in [0, 0.05) is 28.6 Å². The molecule has 2 aromatic carbocycles. The Bertz CT molecular complexity index is 1110. The zero-order chi connectivity index (χ0) is 18.8. The van der Waals surface area contributed by atoms with Gasteiger partial charge in [-0.05, 0) is 18.6 Å². The van der Waals surface area contributed by atoms with Gasteiger partial charge in [0.2, 0.25) is 11.7 Å². The highest BCUT2D eigenvalue weighted by atomic mass is 35.5. The van der Waals surface area contributed by atoms with E-state index >= 15 is 0 Å². The topological polar surface area (TPSA) is 68.0 Å². The Morgan fingerprint density at radius 2 is 2.04 bits per heavy atom. The molecule has 2 aromatic heterocycles. The zero-order valence-electron chi connectivity index (χ0n) is 14.5. The van der Waals surface area contributed by atoms with Gasteiger partial charge in [0.25, 0.3) is 5.91 Å². The number of rotatable bonds is 5. The lowest BCUT2D eigenvalue weighted by atomic mass is 10.2.